The molecule has 1 aromatic rings. The number of hydrogen-bond acceptors (Lipinski definition) is 2. The number of aryl methyl sites for hydroxylation is 1. The zero-order valence-corrected chi connectivity index (χ0v) is 8.87. The molecule has 0 N–H and O–H groups in total. The lowest BCUT2D eigenvalue weighted by atomic mass is 10.1. The van der Waals surface area contributed by atoms with Gasteiger partial charge >= 0.3 is 0 Å². The summed E-state index contributed by atoms with van der Waals surface area (Å²) >= 11 is 3.37. The summed E-state index contributed by atoms with van der Waals surface area (Å²) in [6, 6.07) is 5.85. The van der Waals surface area contributed by atoms with Gasteiger partial charge in [-0.1, -0.05) is 28.1 Å². The van der Waals surface area contributed by atoms with Gasteiger partial charge in [-0.2, -0.15) is 0 Å². The van der Waals surface area contributed by atoms with Crippen LogP contribution in [0, 0.1) is 17.0 Å². The van der Waals surface area contributed by atoms with E-state index >= 15 is 0 Å². The first-order valence-corrected chi connectivity index (χ1v) is 4.75. The minimum absolute atomic E-state index is 0.0122. The Labute approximate surface area is 85.0 Å². The average molecular weight is 244 g/mol. The Balaban J connectivity index is 2.72. The molecule has 0 bridgehead atoms. The van der Waals surface area contributed by atoms with Gasteiger partial charge in [0, 0.05) is 15.8 Å². The smallest absolute Gasteiger partial charge is 0.207 e. The molecule has 0 fully saturated rings. The standard InChI is InChI=1S/C9H10BrNO2/c1-7-2-3-8(9(10)6-7)4-5-11(12)13/h2-3,6H,4-5H2,1H3. The maximum absolute atomic E-state index is 10.1. The molecule has 0 saturated heterocycles. The van der Waals surface area contributed by atoms with Crippen LogP contribution in [-0.2, 0) is 6.42 Å². The third-order valence-electron chi connectivity index (χ3n) is 1.77. The molecule has 0 spiro atoms. The van der Waals surface area contributed by atoms with Gasteiger partial charge in [-0.15, -0.1) is 0 Å². The van der Waals surface area contributed by atoms with Crippen molar-refractivity contribution in [3.63, 3.8) is 0 Å². The van der Waals surface area contributed by atoms with Crippen molar-refractivity contribution in [3.8, 4) is 0 Å². The van der Waals surface area contributed by atoms with Crippen LogP contribution in [0.25, 0.3) is 0 Å². The summed E-state index contributed by atoms with van der Waals surface area (Å²) in [4.78, 5) is 9.84. The van der Waals surface area contributed by atoms with Crippen LogP contribution in [0.3, 0.4) is 0 Å². The summed E-state index contributed by atoms with van der Waals surface area (Å²) in [7, 11) is 0. The highest BCUT2D eigenvalue weighted by atomic mass is 79.9. The summed E-state index contributed by atoms with van der Waals surface area (Å²) < 4.78 is 0.953. The first-order valence-electron chi connectivity index (χ1n) is 3.96. The first kappa shape index (κ1) is 10.2. The molecule has 0 heterocycles. The van der Waals surface area contributed by atoms with Crippen LogP contribution in [-0.4, -0.2) is 11.5 Å². The normalized spacial score (nSPS) is 10.0. The molecule has 1 aromatic carbocycles. The van der Waals surface area contributed by atoms with Crippen LogP contribution >= 0.6 is 15.9 Å². The maximum atomic E-state index is 10.1. The SMILES string of the molecule is Cc1ccc(CC[N+](=O)[O-])c(Br)c1. The molecule has 13 heavy (non-hydrogen) atoms. The molecule has 0 aromatic heterocycles. The Hall–Kier alpha value is -0.900. The Morgan fingerprint density at radius 3 is 2.77 bits per heavy atom. The second-order valence-corrected chi connectivity index (χ2v) is 3.76. The van der Waals surface area contributed by atoms with E-state index in [1.807, 2.05) is 25.1 Å². The van der Waals surface area contributed by atoms with Crippen molar-refractivity contribution in [2.75, 3.05) is 6.54 Å². The largest absolute Gasteiger partial charge is 0.265 e. The van der Waals surface area contributed by atoms with E-state index in [0.29, 0.717) is 6.42 Å². The number of rotatable bonds is 3. The van der Waals surface area contributed by atoms with Crippen LogP contribution in [0.5, 0.6) is 0 Å². The Morgan fingerprint density at radius 2 is 2.23 bits per heavy atom. The third kappa shape index (κ3) is 3.14. The van der Waals surface area contributed by atoms with E-state index in [4.69, 9.17) is 0 Å². The fraction of sp³-hybridized carbons (Fsp3) is 0.333. The van der Waals surface area contributed by atoms with Gasteiger partial charge in [0.1, 0.15) is 0 Å². The quantitative estimate of drug-likeness (QED) is 0.605. The predicted octanol–water partition coefficient (Wildman–Crippen LogP) is 2.58. The molecule has 0 saturated carbocycles. The van der Waals surface area contributed by atoms with Crippen LogP contribution in [0.1, 0.15) is 11.1 Å². The van der Waals surface area contributed by atoms with Crippen molar-refractivity contribution in [3.05, 3.63) is 43.9 Å². The lowest BCUT2D eigenvalue weighted by Gasteiger charge is -2.02. The maximum Gasteiger partial charge on any atom is 0.207 e. The summed E-state index contributed by atoms with van der Waals surface area (Å²) in [5.74, 6) is 0. The molecule has 70 valence electrons. The van der Waals surface area contributed by atoms with Crippen LogP contribution in [0.15, 0.2) is 22.7 Å². The molecule has 0 aliphatic heterocycles. The summed E-state index contributed by atoms with van der Waals surface area (Å²) in [6.07, 6.45) is 0.480. The van der Waals surface area contributed by atoms with Crippen LogP contribution in [0.2, 0.25) is 0 Å². The van der Waals surface area contributed by atoms with Gasteiger partial charge in [-0.3, -0.25) is 10.1 Å². The fourth-order valence-corrected chi connectivity index (χ4v) is 1.76. The van der Waals surface area contributed by atoms with Gasteiger partial charge in [0.05, 0.1) is 0 Å². The van der Waals surface area contributed by atoms with E-state index in [9.17, 15) is 10.1 Å². The Bertz CT molecular complexity index is 325. The molecular weight excluding hydrogens is 234 g/mol. The monoisotopic (exact) mass is 243 g/mol. The minimum atomic E-state index is -0.299. The fourth-order valence-electron chi connectivity index (χ4n) is 1.07. The third-order valence-corrected chi connectivity index (χ3v) is 2.51. The van der Waals surface area contributed by atoms with E-state index in [-0.39, 0.29) is 11.5 Å². The summed E-state index contributed by atoms with van der Waals surface area (Å²) in [6.45, 7) is 1.98. The van der Waals surface area contributed by atoms with Gasteiger partial charge in [-0.05, 0) is 24.1 Å². The van der Waals surface area contributed by atoms with Gasteiger partial charge in [-0.25, -0.2) is 0 Å². The highest BCUT2D eigenvalue weighted by Crippen LogP contribution is 2.18. The van der Waals surface area contributed by atoms with Crippen molar-refractivity contribution in [1.82, 2.24) is 0 Å². The topological polar surface area (TPSA) is 43.1 Å². The minimum Gasteiger partial charge on any atom is -0.265 e. The van der Waals surface area contributed by atoms with Crippen molar-refractivity contribution >= 4 is 15.9 Å². The average Bonchev–Trinajstić information content (AvgIpc) is 2.02. The van der Waals surface area contributed by atoms with Crippen LogP contribution < -0.4 is 0 Å². The highest BCUT2D eigenvalue weighted by Gasteiger charge is 2.03. The summed E-state index contributed by atoms with van der Waals surface area (Å²) in [5.41, 5.74) is 2.14. The molecule has 0 unspecified atom stereocenters. The van der Waals surface area contributed by atoms with Gasteiger partial charge in [0.25, 0.3) is 0 Å². The van der Waals surface area contributed by atoms with Gasteiger partial charge < -0.3 is 0 Å². The molecule has 0 aliphatic carbocycles. The Kier molecular flexibility index (Phi) is 3.42. The van der Waals surface area contributed by atoms with Crippen molar-refractivity contribution in [2.45, 2.75) is 13.3 Å². The molecule has 0 aliphatic rings. The van der Waals surface area contributed by atoms with E-state index < -0.39 is 0 Å². The molecular formula is C9H10BrNO2. The van der Waals surface area contributed by atoms with E-state index in [2.05, 4.69) is 15.9 Å². The molecule has 0 amide bonds. The van der Waals surface area contributed by atoms with Crippen molar-refractivity contribution in [2.24, 2.45) is 0 Å². The summed E-state index contributed by atoms with van der Waals surface area (Å²) in [5, 5.41) is 10.1. The second-order valence-electron chi connectivity index (χ2n) is 2.90. The van der Waals surface area contributed by atoms with Gasteiger partial charge in [0.15, 0.2) is 0 Å². The zero-order valence-electron chi connectivity index (χ0n) is 7.29. The zero-order chi connectivity index (χ0) is 9.84. The van der Waals surface area contributed by atoms with Crippen LogP contribution in [0.4, 0.5) is 0 Å². The first-order chi connectivity index (χ1) is 6.09. The number of halogens is 1. The second kappa shape index (κ2) is 4.37. The lowest BCUT2D eigenvalue weighted by Crippen LogP contribution is -2.04. The highest BCUT2D eigenvalue weighted by molar-refractivity contribution is 9.10. The van der Waals surface area contributed by atoms with Gasteiger partial charge in [0.2, 0.25) is 6.54 Å². The molecule has 0 atom stereocenters. The number of hydrogen-bond donors (Lipinski definition) is 0. The lowest BCUT2D eigenvalue weighted by molar-refractivity contribution is -0.479. The molecule has 0 radical (unpaired) electrons. The molecule has 1 rings (SSSR count). The van der Waals surface area contributed by atoms with E-state index in [1.54, 1.807) is 0 Å². The van der Waals surface area contributed by atoms with E-state index in [1.165, 1.54) is 0 Å². The van der Waals surface area contributed by atoms with E-state index in [0.717, 1.165) is 15.6 Å². The number of nitro groups is 1. The number of benzene rings is 1. The van der Waals surface area contributed by atoms with Crippen molar-refractivity contribution in [1.29, 1.82) is 0 Å². The molecule has 3 nitrogen and oxygen atoms in total. The predicted molar refractivity (Wildman–Crippen MR) is 54.4 cm³/mol. The molecule has 4 heteroatoms. The number of nitrogens with zero attached hydrogens (tertiary/aromatic N) is 1. The van der Waals surface area contributed by atoms with Crippen molar-refractivity contribution < 1.29 is 4.92 Å². The Morgan fingerprint density at radius 1 is 1.54 bits per heavy atom.